The standard InChI is InChI=1S/C20H16ClFN4O3/c1-23-19(28)16-10-24-18(12-5-7-14(22)8-6-12)26(20(16)29)11-17(27)25-15-4-2-3-13(21)9-15/h2-10H,11H2,1H3,(H,23,28)(H,25,27). The molecule has 0 fully saturated rings. The van der Waals surface area contributed by atoms with Crippen LogP contribution in [0, 0.1) is 5.82 Å². The number of anilines is 1. The molecule has 9 heteroatoms. The zero-order valence-corrected chi connectivity index (χ0v) is 16.0. The van der Waals surface area contributed by atoms with Crippen molar-refractivity contribution in [3.05, 3.63) is 81.5 Å². The molecule has 2 N–H and O–H groups in total. The first-order chi connectivity index (χ1) is 13.9. The number of benzene rings is 2. The first-order valence-corrected chi connectivity index (χ1v) is 8.90. The van der Waals surface area contributed by atoms with Crippen LogP contribution in [0.15, 0.2) is 59.5 Å². The maximum atomic E-state index is 13.3. The molecule has 7 nitrogen and oxygen atoms in total. The Kier molecular flexibility index (Phi) is 6.04. The van der Waals surface area contributed by atoms with Crippen LogP contribution >= 0.6 is 11.6 Å². The van der Waals surface area contributed by atoms with Crippen molar-refractivity contribution in [1.29, 1.82) is 0 Å². The first kappa shape index (κ1) is 20.2. The van der Waals surface area contributed by atoms with Gasteiger partial charge in [-0.25, -0.2) is 9.37 Å². The van der Waals surface area contributed by atoms with Gasteiger partial charge >= 0.3 is 0 Å². The second kappa shape index (κ2) is 8.66. The van der Waals surface area contributed by atoms with Crippen molar-refractivity contribution in [3.8, 4) is 11.4 Å². The summed E-state index contributed by atoms with van der Waals surface area (Å²) < 4.78 is 14.3. The third kappa shape index (κ3) is 4.67. The maximum Gasteiger partial charge on any atom is 0.267 e. The van der Waals surface area contributed by atoms with E-state index in [0.717, 1.165) is 10.8 Å². The molecule has 148 valence electrons. The zero-order valence-electron chi connectivity index (χ0n) is 15.3. The molecule has 0 spiro atoms. The summed E-state index contributed by atoms with van der Waals surface area (Å²) in [7, 11) is 1.38. The Morgan fingerprint density at radius 1 is 1.17 bits per heavy atom. The van der Waals surface area contributed by atoms with Crippen LogP contribution in [0.4, 0.5) is 10.1 Å². The molecule has 0 saturated carbocycles. The predicted molar refractivity (Wildman–Crippen MR) is 107 cm³/mol. The van der Waals surface area contributed by atoms with Crippen molar-refractivity contribution < 1.29 is 14.0 Å². The lowest BCUT2D eigenvalue weighted by Crippen LogP contribution is -2.35. The van der Waals surface area contributed by atoms with Crippen LogP contribution in [0.2, 0.25) is 5.02 Å². The van der Waals surface area contributed by atoms with Gasteiger partial charge in [0.25, 0.3) is 11.5 Å². The van der Waals surface area contributed by atoms with Gasteiger partial charge in [0.1, 0.15) is 23.7 Å². The van der Waals surface area contributed by atoms with Crippen molar-refractivity contribution in [2.45, 2.75) is 6.54 Å². The van der Waals surface area contributed by atoms with Crippen LogP contribution < -0.4 is 16.2 Å². The van der Waals surface area contributed by atoms with Crippen LogP contribution in [-0.4, -0.2) is 28.4 Å². The van der Waals surface area contributed by atoms with Gasteiger partial charge in [0, 0.05) is 29.5 Å². The summed E-state index contributed by atoms with van der Waals surface area (Å²) in [6, 6.07) is 11.8. The lowest BCUT2D eigenvalue weighted by Gasteiger charge is -2.14. The molecule has 0 bridgehead atoms. The van der Waals surface area contributed by atoms with E-state index < -0.39 is 29.7 Å². The van der Waals surface area contributed by atoms with Crippen LogP contribution in [0.25, 0.3) is 11.4 Å². The Morgan fingerprint density at radius 2 is 1.90 bits per heavy atom. The molecule has 0 radical (unpaired) electrons. The Labute approximate surface area is 170 Å². The van der Waals surface area contributed by atoms with E-state index in [1.165, 1.54) is 31.3 Å². The van der Waals surface area contributed by atoms with E-state index in [4.69, 9.17) is 11.6 Å². The van der Waals surface area contributed by atoms with Crippen LogP contribution in [0.3, 0.4) is 0 Å². The molecule has 0 unspecified atom stereocenters. The molecule has 0 aliphatic carbocycles. The predicted octanol–water partition coefficient (Wildman–Crippen LogP) is 2.70. The maximum absolute atomic E-state index is 13.3. The smallest absolute Gasteiger partial charge is 0.267 e. The largest absolute Gasteiger partial charge is 0.355 e. The number of aromatic nitrogens is 2. The van der Waals surface area contributed by atoms with Gasteiger partial charge in [-0.15, -0.1) is 0 Å². The highest BCUT2D eigenvalue weighted by atomic mass is 35.5. The van der Waals surface area contributed by atoms with E-state index >= 15 is 0 Å². The normalized spacial score (nSPS) is 10.4. The van der Waals surface area contributed by atoms with Gasteiger partial charge in [0.15, 0.2) is 0 Å². The number of nitrogens with zero attached hydrogens (tertiary/aromatic N) is 2. The van der Waals surface area contributed by atoms with Crippen molar-refractivity contribution in [3.63, 3.8) is 0 Å². The van der Waals surface area contributed by atoms with Gasteiger partial charge in [0.2, 0.25) is 5.91 Å². The number of amides is 2. The molecule has 1 aromatic heterocycles. The molecule has 3 rings (SSSR count). The molecular formula is C20H16ClFN4O3. The van der Waals surface area contributed by atoms with Gasteiger partial charge in [0.05, 0.1) is 0 Å². The van der Waals surface area contributed by atoms with Gasteiger partial charge in [-0.1, -0.05) is 17.7 Å². The average molecular weight is 415 g/mol. The quantitative estimate of drug-likeness (QED) is 0.671. The SMILES string of the molecule is CNC(=O)c1cnc(-c2ccc(F)cc2)n(CC(=O)Nc2cccc(Cl)c2)c1=O. The summed E-state index contributed by atoms with van der Waals surface area (Å²) in [5, 5.41) is 5.44. The van der Waals surface area contributed by atoms with E-state index in [0.29, 0.717) is 16.3 Å². The summed E-state index contributed by atoms with van der Waals surface area (Å²) in [4.78, 5) is 41.5. The second-order valence-electron chi connectivity index (χ2n) is 6.03. The molecular weight excluding hydrogens is 399 g/mol. The summed E-state index contributed by atoms with van der Waals surface area (Å²) >= 11 is 5.91. The monoisotopic (exact) mass is 414 g/mol. The first-order valence-electron chi connectivity index (χ1n) is 8.52. The minimum atomic E-state index is -0.695. The molecule has 0 aliphatic heterocycles. The average Bonchev–Trinajstić information content (AvgIpc) is 2.69. The number of carbonyl (C=O) groups excluding carboxylic acids is 2. The summed E-state index contributed by atoms with van der Waals surface area (Å²) in [5.41, 5.74) is -0.0364. The molecule has 0 atom stereocenters. The van der Waals surface area contributed by atoms with E-state index in [1.807, 2.05) is 0 Å². The van der Waals surface area contributed by atoms with E-state index in [1.54, 1.807) is 24.3 Å². The number of nitrogens with one attached hydrogen (secondary N) is 2. The number of rotatable bonds is 5. The molecule has 2 amide bonds. The Balaban J connectivity index is 2.01. The third-order valence-electron chi connectivity index (χ3n) is 4.03. The van der Waals surface area contributed by atoms with E-state index in [2.05, 4.69) is 15.6 Å². The van der Waals surface area contributed by atoms with Gasteiger partial charge < -0.3 is 10.6 Å². The second-order valence-corrected chi connectivity index (χ2v) is 6.47. The fourth-order valence-electron chi connectivity index (χ4n) is 2.67. The van der Waals surface area contributed by atoms with Crippen LogP contribution in [0.5, 0.6) is 0 Å². The van der Waals surface area contributed by atoms with Crippen LogP contribution in [0.1, 0.15) is 10.4 Å². The fraction of sp³-hybridized carbons (Fsp3) is 0.100. The Hall–Kier alpha value is -3.52. The van der Waals surface area contributed by atoms with Crippen molar-refractivity contribution in [2.75, 3.05) is 12.4 Å². The zero-order chi connectivity index (χ0) is 21.0. The Bertz CT molecular complexity index is 1130. The summed E-state index contributed by atoms with van der Waals surface area (Å²) in [6.45, 7) is -0.407. The third-order valence-corrected chi connectivity index (χ3v) is 4.27. The number of halogens is 2. The number of carbonyl (C=O) groups is 2. The van der Waals surface area contributed by atoms with Gasteiger partial charge in [-0.2, -0.15) is 0 Å². The highest BCUT2D eigenvalue weighted by Gasteiger charge is 2.18. The molecule has 3 aromatic rings. The lowest BCUT2D eigenvalue weighted by molar-refractivity contribution is -0.116. The van der Waals surface area contributed by atoms with E-state index in [9.17, 15) is 18.8 Å². The van der Waals surface area contributed by atoms with E-state index in [-0.39, 0.29) is 11.4 Å². The lowest BCUT2D eigenvalue weighted by atomic mass is 10.2. The minimum Gasteiger partial charge on any atom is -0.355 e. The molecule has 1 heterocycles. The topological polar surface area (TPSA) is 93.1 Å². The fourth-order valence-corrected chi connectivity index (χ4v) is 2.86. The van der Waals surface area contributed by atoms with Gasteiger partial charge in [-0.3, -0.25) is 19.0 Å². The Morgan fingerprint density at radius 3 is 2.55 bits per heavy atom. The summed E-state index contributed by atoms with van der Waals surface area (Å²) in [6.07, 6.45) is 1.13. The minimum absolute atomic E-state index is 0.129. The number of hydrogen-bond acceptors (Lipinski definition) is 4. The summed E-state index contributed by atoms with van der Waals surface area (Å²) in [5.74, 6) is -1.47. The molecule has 0 aliphatic rings. The van der Waals surface area contributed by atoms with Crippen molar-refractivity contribution in [2.24, 2.45) is 0 Å². The molecule has 29 heavy (non-hydrogen) atoms. The highest BCUT2D eigenvalue weighted by molar-refractivity contribution is 6.30. The van der Waals surface area contributed by atoms with Crippen molar-refractivity contribution >= 4 is 29.1 Å². The van der Waals surface area contributed by atoms with Crippen LogP contribution in [-0.2, 0) is 11.3 Å². The van der Waals surface area contributed by atoms with Crippen molar-refractivity contribution in [1.82, 2.24) is 14.9 Å². The van der Waals surface area contributed by atoms with Gasteiger partial charge in [-0.05, 0) is 42.5 Å². The molecule has 0 saturated heterocycles. The molecule has 2 aromatic carbocycles. The number of hydrogen-bond donors (Lipinski definition) is 2. The highest BCUT2D eigenvalue weighted by Crippen LogP contribution is 2.18.